The minimum Gasteiger partial charge on any atom is -0.502 e. The molecule has 2 N–H and O–H groups in total. The third-order valence-corrected chi connectivity index (χ3v) is 2.51. The molecular weight excluding hydrogens is 242 g/mol. The first-order chi connectivity index (χ1) is 8.58. The lowest BCUT2D eigenvalue weighted by Gasteiger charge is -2.14. The van der Waals surface area contributed by atoms with Gasteiger partial charge in [0.2, 0.25) is 23.5 Å². The van der Waals surface area contributed by atoms with E-state index in [0.717, 1.165) is 4.90 Å². The number of aliphatic hydroxyl groups excluding tert-OH is 1. The fourth-order valence-corrected chi connectivity index (χ4v) is 1.62. The largest absolute Gasteiger partial charge is 0.502 e. The maximum atomic E-state index is 11.5. The summed E-state index contributed by atoms with van der Waals surface area (Å²) in [6.45, 7) is -0.562. The Balaban J connectivity index is 2.51. The number of amides is 2. The van der Waals surface area contributed by atoms with Crippen molar-refractivity contribution in [3.8, 4) is 11.6 Å². The standard InChI is InChI=1S/C10H11N3O5/c1-18-9-8(17)5(4-14)11-10(12-9)13-6(15)2-3-7(13)16/h14,17H,2-4H2,1H3. The van der Waals surface area contributed by atoms with Gasteiger partial charge in [-0.05, 0) is 0 Å². The van der Waals surface area contributed by atoms with Gasteiger partial charge in [0.25, 0.3) is 5.88 Å². The number of anilines is 1. The predicted octanol–water partition coefficient (Wildman–Crippen LogP) is -0.664. The number of hydrogen-bond acceptors (Lipinski definition) is 7. The lowest BCUT2D eigenvalue weighted by molar-refractivity contribution is -0.121. The number of rotatable bonds is 3. The molecule has 1 aromatic heterocycles. The zero-order valence-electron chi connectivity index (χ0n) is 9.58. The number of aliphatic hydroxyl groups is 1. The summed E-state index contributed by atoms with van der Waals surface area (Å²) in [4.78, 5) is 31.4. The highest BCUT2D eigenvalue weighted by molar-refractivity contribution is 6.18. The third kappa shape index (κ3) is 1.86. The van der Waals surface area contributed by atoms with Gasteiger partial charge < -0.3 is 14.9 Å². The van der Waals surface area contributed by atoms with Gasteiger partial charge in [0, 0.05) is 12.8 Å². The predicted molar refractivity (Wildman–Crippen MR) is 57.9 cm³/mol. The highest BCUT2D eigenvalue weighted by Crippen LogP contribution is 2.30. The molecule has 1 fully saturated rings. The van der Waals surface area contributed by atoms with Crippen LogP contribution in [0.3, 0.4) is 0 Å². The van der Waals surface area contributed by atoms with Gasteiger partial charge in [-0.2, -0.15) is 4.98 Å². The van der Waals surface area contributed by atoms with Crippen molar-refractivity contribution in [1.29, 1.82) is 0 Å². The van der Waals surface area contributed by atoms with Crippen LogP contribution in [0.15, 0.2) is 0 Å². The summed E-state index contributed by atoms with van der Waals surface area (Å²) >= 11 is 0. The van der Waals surface area contributed by atoms with E-state index < -0.39 is 24.2 Å². The summed E-state index contributed by atoms with van der Waals surface area (Å²) in [5.74, 6) is -1.64. The van der Waals surface area contributed by atoms with E-state index in [0.29, 0.717) is 0 Å². The highest BCUT2D eigenvalue weighted by Gasteiger charge is 2.33. The Morgan fingerprint density at radius 2 is 1.89 bits per heavy atom. The molecule has 1 aliphatic heterocycles. The average Bonchev–Trinajstić information content (AvgIpc) is 2.70. The maximum absolute atomic E-state index is 11.5. The topological polar surface area (TPSA) is 113 Å². The van der Waals surface area contributed by atoms with E-state index in [1.807, 2.05) is 0 Å². The van der Waals surface area contributed by atoms with Gasteiger partial charge in [-0.15, -0.1) is 0 Å². The quantitative estimate of drug-likeness (QED) is 0.687. The summed E-state index contributed by atoms with van der Waals surface area (Å²) < 4.78 is 4.80. The van der Waals surface area contributed by atoms with Crippen LogP contribution in [-0.4, -0.2) is 39.1 Å². The molecule has 1 aromatic rings. The molecule has 0 radical (unpaired) electrons. The summed E-state index contributed by atoms with van der Waals surface area (Å²) in [5, 5.41) is 18.6. The van der Waals surface area contributed by atoms with Gasteiger partial charge in [0.15, 0.2) is 0 Å². The van der Waals surface area contributed by atoms with Crippen molar-refractivity contribution in [3.63, 3.8) is 0 Å². The van der Waals surface area contributed by atoms with Crippen molar-refractivity contribution in [3.05, 3.63) is 5.69 Å². The Hall–Kier alpha value is -2.22. The first kappa shape index (κ1) is 12.2. The van der Waals surface area contributed by atoms with E-state index in [1.165, 1.54) is 7.11 Å². The molecule has 8 nitrogen and oxygen atoms in total. The lowest BCUT2D eigenvalue weighted by atomic mass is 10.4. The van der Waals surface area contributed by atoms with Crippen molar-refractivity contribution < 1.29 is 24.5 Å². The molecular formula is C10H11N3O5. The minimum absolute atomic E-state index is 0.0971. The number of aromatic nitrogens is 2. The third-order valence-electron chi connectivity index (χ3n) is 2.51. The Labute approximate surface area is 102 Å². The van der Waals surface area contributed by atoms with Gasteiger partial charge in [-0.3, -0.25) is 9.59 Å². The number of carbonyl (C=O) groups excluding carboxylic acids is 2. The number of carbonyl (C=O) groups is 2. The Bertz CT molecular complexity index is 475. The average molecular weight is 253 g/mol. The Morgan fingerprint density at radius 1 is 1.28 bits per heavy atom. The molecule has 8 heteroatoms. The van der Waals surface area contributed by atoms with Crippen molar-refractivity contribution in [2.24, 2.45) is 0 Å². The van der Waals surface area contributed by atoms with Crippen LogP contribution >= 0.6 is 0 Å². The molecule has 18 heavy (non-hydrogen) atoms. The molecule has 0 aromatic carbocycles. The fourth-order valence-electron chi connectivity index (χ4n) is 1.62. The zero-order valence-corrected chi connectivity index (χ0v) is 9.58. The van der Waals surface area contributed by atoms with Gasteiger partial charge in [-0.1, -0.05) is 0 Å². The summed E-state index contributed by atoms with van der Waals surface area (Å²) in [6.07, 6.45) is 0.194. The Morgan fingerprint density at radius 3 is 2.39 bits per heavy atom. The van der Waals surface area contributed by atoms with Crippen molar-refractivity contribution in [1.82, 2.24) is 9.97 Å². The summed E-state index contributed by atoms with van der Waals surface area (Å²) in [5.41, 5.74) is -0.107. The molecule has 2 heterocycles. The molecule has 0 bridgehead atoms. The first-order valence-corrected chi connectivity index (χ1v) is 5.19. The molecule has 0 aliphatic carbocycles. The van der Waals surface area contributed by atoms with E-state index in [1.54, 1.807) is 0 Å². The van der Waals surface area contributed by atoms with Crippen molar-refractivity contribution in [2.45, 2.75) is 19.4 Å². The molecule has 0 atom stereocenters. The summed E-state index contributed by atoms with van der Waals surface area (Å²) in [6, 6.07) is 0. The van der Waals surface area contributed by atoms with E-state index >= 15 is 0 Å². The summed E-state index contributed by atoms with van der Waals surface area (Å²) in [7, 11) is 1.26. The number of methoxy groups -OCH3 is 1. The molecule has 2 amide bonds. The fraction of sp³-hybridized carbons (Fsp3) is 0.400. The van der Waals surface area contributed by atoms with Crippen molar-refractivity contribution in [2.75, 3.05) is 12.0 Å². The normalized spacial score (nSPS) is 15.3. The number of nitrogens with zero attached hydrogens (tertiary/aromatic N) is 3. The van der Waals surface area contributed by atoms with Crippen LogP contribution in [0.4, 0.5) is 5.95 Å². The van der Waals surface area contributed by atoms with E-state index in [2.05, 4.69) is 9.97 Å². The molecule has 0 spiro atoms. The second kappa shape index (κ2) is 4.57. The second-order valence-electron chi connectivity index (χ2n) is 3.61. The SMILES string of the molecule is COc1nc(N2C(=O)CCC2=O)nc(CO)c1O. The lowest BCUT2D eigenvalue weighted by Crippen LogP contribution is -2.30. The first-order valence-electron chi connectivity index (χ1n) is 5.19. The van der Waals surface area contributed by atoms with Gasteiger partial charge in [0.1, 0.15) is 5.69 Å². The smallest absolute Gasteiger partial charge is 0.261 e. The van der Waals surface area contributed by atoms with Crippen LogP contribution in [-0.2, 0) is 16.2 Å². The number of imide groups is 1. The van der Waals surface area contributed by atoms with Gasteiger partial charge in [0.05, 0.1) is 13.7 Å². The molecule has 0 unspecified atom stereocenters. The van der Waals surface area contributed by atoms with Crippen LogP contribution < -0.4 is 9.64 Å². The van der Waals surface area contributed by atoms with E-state index in [9.17, 15) is 14.7 Å². The van der Waals surface area contributed by atoms with Crippen molar-refractivity contribution >= 4 is 17.8 Å². The molecule has 96 valence electrons. The van der Waals surface area contributed by atoms with Crippen LogP contribution in [0.25, 0.3) is 0 Å². The second-order valence-corrected chi connectivity index (χ2v) is 3.61. The van der Waals surface area contributed by atoms with Crippen LogP contribution in [0.1, 0.15) is 18.5 Å². The Kier molecular flexibility index (Phi) is 3.11. The number of hydrogen-bond donors (Lipinski definition) is 2. The van der Waals surface area contributed by atoms with Gasteiger partial charge >= 0.3 is 0 Å². The van der Waals surface area contributed by atoms with Crippen LogP contribution in [0.2, 0.25) is 0 Å². The van der Waals surface area contributed by atoms with Crippen LogP contribution in [0, 0.1) is 0 Å². The molecule has 2 rings (SSSR count). The minimum atomic E-state index is -0.562. The van der Waals surface area contributed by atoms with Gasteiger partial charge in [-0.25, -0.2) is 9.88 Å². The molecule has 1 saturated heterocycles. The number of ether oxygens (including phenoxy) is 1. The number of aromatic hydroxyl groups is 1. The monoisotopic (exact) mass is 253 g/mol. The maximum Gasteiger partial charge on any atom is 0.261 e. The molecule has 1 aliphatic rings. The van der Waals surface area contributed by atoms with E-state index in [4.69, 9.17) is 9.84 Å². The van der Waals surface area contributed by atoms with Crippen LogP contribution in [0.5, 0.6) is 11.6 Å². The van der Waals surface area contributed by atoms with E-state index in [-0.39, 0.29) is 30.4 Å². The molecule has 0 saturated carbocycles. The highest BCUT2D eigenvalue weighted by atomic mass is 16.5. The zero-order chi connectivity index (χ0) is 13.3.